The molecule has 1 saturated heterocycles. The molecule has 7 nitrogen and oxygen atoms in total. The van der Waals surface area contributed by atoms with E-state index in [9.17, 15) is 9.90 Å². The number of carbonyl (C=O) groups is 1. The van der Waals surface area contributed by atoms with Crippen LogP contribution in [-0.4, -0.2) is 52.5 Å². The van der Waals surface area contributed by atoms with E-state index in [0.717, 1.165) is 71.4 Å². The molecule has 49 heavy (non-hydrogen) atoms. The average molecular weight is 669 g/mol. The predicted molar refractivity (Wildman–Crippen MR) is 195 cm³/mol. The van der Waals surface area contributed by atoms with Gasteiger partial charge in [0.2, 0.25) is 0 Å². The minimum Gasteiger partial charge on any atom is -0.481 e. The number of nitrogens with two attached hydrogens (primary N) is 1. The number of fused-ring (bicyclic) bond motifs is 8. The third kappa shape index (κ3) is 4.87. The van der Waals surface area contributed by atoms with Crippen molar-refractivity contribution >= 4 is 17.4 Å². The van der Waals surface area contributed by atoms with Crippen molar-refractivity contribution in [1.82, 2.24) is 15.1 Å². The second-order valence-electron chi connectivity index (χ2n) is 19.3. The van der Waals surface area contributed by atoms with E-state index in [1.807, 2.05) is 0 Å². The van der Waals surface area contributed by atoms with Crippen LogP contribution in [0.3, 0.4) is 0 Å². The number of anilines is 1. The minimum atomic E-state index is -0.591. The fraction of sp³-hybridized carbons (Fsp3) is 0.714. The van der Waals surface area contributed by atoms with E-state index in [1.165, 1.54) is 40.8 Å². The molecule has 5 aliphatic carbocycles. The number of nitrogens with zero attached hydrogens (tertiary/aromatic N) is 2. The Morgan fingerprint density at radius 2 is 1.71 bits per heavy atom. The zero-order valence-electron chi connectivity index (χ0n) is 31.1. The summed E-state index contributed by atoms with van der Waals surface area (Å²) in [5.41, 5.74) is 15.1. The zero-order chi connectivity index (χ0) is 34.7. The van der Waals surface area contributed by atoms with E-state index in [0.29, 0.717) is 23.6 Å². The Morgan fingerprint density at radius 1 is 1.00 bits per heavy atom. The molecule has 6 aliphatic rings. The Hall–Kier alpha value is -2.64. The van der Waals surface area contributed by atoms with Gasteiger partial charge in [-0.05, 0) is 113 Å². The monoisotopic (exact) mass is 668 g/mol. The maximum Gasteiger partial charge on any atom is 0.306 e. The molecule has 2 heterocycles. The lowest BCUT2D eigenvalue weighted by Gasteiger charge is -2.70. The quantitative estimate of drug-likeness (QED) is 0.304. The van der Waals surface area contributed by atoms with Crippen LogP contribution in [0.1, 0.15) is 116 Å². The Balaban J connectivity index is 1.28. The van der Waals surface area contributed by atoms with Crippen LogP contribution in [0.4, 0.5) is 5.82 Å². The molecule has 2 aromatic rings. The number of hydrogen-bond acceptors (Lipinski definition) is 5. The van der Waals surface area contributed by atoms with Crippen molar-refractivity contribution in [2.45, 2.75) is 112 Å². The highest BCUT2D eigenvalue weighted by atomic mass is 16.5. The molecule has 4 N–H and O–H groups in total. The van der Waals surface area contributed by atoms with Crippen LogP contribution in [0.2, 0.25) is 0 Å². The molecule has 0 spiro atoms. The van der Waals surface area contributed by atoms with Gasteiger partial charge in [-0.3, -0.25) is 14.8 Å². The summed E-state index contributed by atoms with van der Waals surface area (Å²) < 4.78 is 5.61. The number of aromatic nitrogens is 2. The fourth-order valence-corrected chi connectivity index (χ4v) is 13.5. The van der Waals surface area contributed by atoms with Gasteiger partial charge in [0.15, 0.2) is 0 Å². The summed E-state index contributed by atoms with van der Waals surface area (Å²) >= 11 is 0. The number of carboxylic acid groups (broad SMARTS) is 1. The van der Waals surface area contributed by atoms with Crippen LogP contribution >= 0.6 is 0 Å². The lowest BCUT2D eigenvalue weighted by atomic mass is 9.33. The number of H-pyrrole nitrogens is 1. The number of allylic oxidation sites excluding steroid dienone is 2. The van der Waals surface area contributed by atoms with Crippen molar-refractivity contribution in [3.05, 3.63) is 52.2 Å². The van der Waals surface area contributed by atoms with Crippen LogP contribution in [0, 0.1) is 51.2 Å². The number of morpholine rings is 1. The summed E-state index contributed by atoms with van der Waals surface area (Å²) in [4.78, 5) is 15.4. The summed E-state index contributed by atoms with van der Waals surface area (Å²) in [5, 5.41) is 18.5. The summed E-state index contributed by atoms with van der Waals surface area (Å²) in [6.07, 6.45) is 8.35. The molecule has 1 aliphatic heterocycles. The third-order valence-corrected chi connectivity index (χ3v) is 15.9. The molecule has 0 amide bonds. The summed E-state index contributed by atoms with van der Waals surface area (Å²) in [6.45, 7) is 21.9. The molecule has 8 rings (SSSR count). The first-order valence-corrected chi connectivity index (χ1v) is 19.3. The SMILES string of the molecule is CC1(C)CC2C3=C(c4ccc(CN5CCOCC5)cc4)CC4C5(C)Cc6c(N)n[nH]c6C(C)(C)C5CCC4(C)C3(C)CCC2[C@H](C(=O)O)C1. The molecule has 1 aromatic carbocycles. The molecule has 0 radical (unpaired) electrons. The first-order valence-electron chi connectivity index (χ1n) is 19.3. The first kappa shape index (κ1) is 33.5. The maximum atomic E-state index is 12.9. The number of rotatable bonds is 4. The Morgan fingerprint density at radius 3 is 2.41 bits per heavy atom. The highest BCUT2D eigenvalue weighted by molar-refractivity contribution is 5.75. The number of ether oxygens (including phenoxy) is 1. The van der Waals surface area contributed by atoms with Crippen LogP contribution in [-0.2, 0) is 27.9 Å². The number of benzene rings is 1. The van der Waals surface area contributed by atoms with Crippen LogP contribution in [0.15, 0.2) is 29.8 Å². The smallest absolute Gasteiger partial charge is 0.306 e. The molecule has 266 valence electrons. The van der Waals surface area contributed by atoms with Gasteiger partial charge in [0, 0.05) is 36.3 Å². The molecule has 1 aromatic heterocycles. The Kier molecular flexibility index (Phi) is 7.64. The molecule has 0 bridgehead atoms. The van der Waals surface area contributed by atoms with Crippen molar-refractivity contribution in [2.75, 3.05) is 32.0 Å². The van der Waals surface area contributed by atoms with Gasteiger partial charge >= 0.3 is 5.97 Å². The van der Waals surface area contributed by atoms with Crippen LogP contribution < -0.4 is 5.73 Å². The van der Waals surface area contributed by atoms with Gasteiger partial charge in [0.1, 0.15) is 5.82 Å². The largest absolute Gasteiger partial charge is 0.481 e. The first-order chi connectivity index (χ1) is 23.1. The summed E-state index contributed by atoms with van der Waals surface area (Å²) in [7, 11) is 0. The van der Waals surface area contributed by atoms with E-state index < -0.39 is 5.97 Å². The second-order valence-corrected chi connectivity index (χ2v) is 19.3. The molecule has 4 fully saturated rings. The fourth-order valence-electron chi connectivity index (χ4n) is 13.5. The van der Waals surface area contributed by atoms with E-state index in [2.05, 4.69) is 87.8 Å². The van der Waals surface area contributed by atoms with Crippen molar-refractivity contribution in [2.24, 2.45) is 51.2 Å². The standard InChI is InChI=1S/C42H60N4O3/c1-38(2)21-29-27(30(22-38)37(47)48)12-14-42(7)34(29)28(26-10-8-25(9-11-26)24-46-16-18-49-19-17-46)20-33-40(5)23-31-35(44-45-36(31)43)39(3,4)32(40)13-15-41(33,42)6/h8-11,27,29-30,32-33H,12-24H2,1-7H3,(H,47,48)(H3,43,44,45)/t27?,29?,30-,32?,33?,40?,41?,42?/m1/s1. The van der Waals surface area contributed by atoms with E-state index in [4.69, 9.17) is 10.5 Å². The zero-order valence-corrected chi connectivity index (χ0v) is 31.1. The van der Waals surface area contributed by atoms with Crippen molar-refractivity contribution in [3.63, 3.8) is 0 Å². The van der Waals surface area contributed by atoms with Crippen molar-refractivity contribution < 1.29 is 14.6 Å². The maximum absolute atomic E-state index is 12.9. The average Bonchev–Trinajstić information content (AvgIpc) is 3.41. The van der Waals surface area contributed by atoms with Gasteiger partial charge in [-0.25, -0.2) is 0 Å². The molecule has 7 heteroatoms. The number of hydrogen-bond donors (Lipinski definition) is 3. The van der Waals surface area contributed by atoms with Gasteiger partial charge in [-0.2, -0.15) is 5.10 Å². The van der Waals surface area contributed by atoms with E-state index in [1.54, 1.807) is 5.57 Å². The van der Waals surface area contributed by atoms with Crippen LogP contribution in [0.25, 0.3) is 5.57 Å². The second kappa shape index (κ2) is 11.2. The number of aromatic amines is 1. The molecule has 8 atom stereocenters. The Labute approximate surface area is 293 Å². The Bertz CT molecular complexity index is 1670. The number of carboxylic acids is 1. The molecular formula is C42H60N4O3. The number of nitrogens with one attached hydrogen (secondary N) is 1. The van der Waals surface area contributed by atoms with E-state index >= 15 is 0 Å². The highest BCUT2D eigenvalue weighted by Gasteiger charge is 2.68. The van der Waals surface area contributed by atoms with Crippen LogP contribution in [0.5, 0.6) is 0 Å². The highest BCUT2D eigenvalue weighted by Crippen LogP contribution is 2.76. The molecule has 7 unspecified atom stereocenters. The summed E-state index contributed by atoms with van der Waals surface area (Å²) in [5.74, 6) is 1.31. The normalized spacial score (nSPS) is 39.6. The minimum absolute atomic E-state index is 0.00426. The topological polar surface area (TPSA) is 104 Å². The molecule has 3 saturated carbocycles. The third-order valence-electron chi connectivity index (χ3n) is 15.9. The van der Waals surface area contributed by atoms with Gasteiger partial charge in [0.25, 0.3) is 0 Å². The van der Waals surface area contributed by atoms with E-state index in [-0.39, 0.29) is 38.9 Å². The van der Waals surface area contributed by atoms with Gasteiger partial charge in [-0.15, -0.1) is 0 Å². The van der Waals surface area contributed by atoms with Crippen molar-refractivity contribution in [3.8, 4) is 0 Å². The lowest BCUT2D eigenvalue weighted by molar-refractivity contribution is -0.161. The van der Waals surface area contributed by atoms with Gasteiger partial charge < -0.3 is 15.6 Å². The predicted octanol–water partition coefficient (Wildman–Crippen LogP) is 8.11. The summed E-state index contributed by atoms with van der Waals surface area (Å²) in [6, 6.07) is 9.55. The van der Waals surface area contributed by atoms with Gasteiger partial charge in [0.05, 0.1) is 19.1 Å². The molecular weight excluding hydrogens is 608 g/mol. The number of aliphatic carboxylic acids is 1. The number of nitrogen functional groups attached to an aromatic ring is 1. The van der Waals surface area contributed by atoms with Crippen molar-refractivity contribution in [1.29, 1.82) is 0 Å². The van der Waals surface area contributed by atoms with Gasteiger partial charge in [-0.1, -0.05) is 78.3 Å². The lowest BCUT2D eigenvalue weighted by Crippen LogP contribution is -2.64.